The van der Waals surface area contributed by atoms with Gasteiger partial charge in [-0.15, -0.1) is 17.9 Å². The van der Waals surface area contributed by atoms with E-state index >= 15 is 0 Å². The van der Waals surface area contributed by atoms with Crippen LogP contribution in [0.1, 0.15) is 18.7 Å². The third-order valence-electron chi connectivity index (χ3n) is 2.11. The molecule has 2 nitrogen and oxygen atoms in total. The van der Waals surface area contributed by atoms with Gasteiger partial charge in [-0.1, -0.05) is 12.1 Å². The highest BCUT2D eigenvalue weighted by atomic mass is 32.1. The van der Waals surface area contributed by atoms with E-state index in [4.69, 9.17) is 0 Å². The maximum absolute atomic E-state index is 11.8. The van der Waals surface area contributed by atoms with E-state index in [-0.39, 0.29) is 5.91 Å². The number of hydrogen-bond acceptors (Lipinski definition) is 2. The number of nitrogens with one attached hydrogen (secondary N) is 1. The zero-order valence-electron chi connectivity index (χ0n) is 8.54. The predicted octanol–water partition coefficient (Wildman–Crippen LogP) is 2.33. The Morgan fingerprint density at radius 2 is 2.43 bits per heavy atom. The van der Waals surface area contributed by atoms with E-state index in [1.807, 2.05) is 31.4 Å². The monoisotopic (exact) mass is 209 g/mol. The molecule has 0 radical (unpaired) electrons. The van der Waals surface area contributed by atoms with Crippen molar-refractivity contribution in [2.24, 2.45) is 0 Å². The summed E-state index contributed by atoms with van der Waals surface area (Å²) in [5.74, 6) is 0.0415. The van der Waals surface area contributed by atoms with Crippen LogP contribution in [0.25, 0.3) is 0 Å². The molecule has 0 fully saturated rings. The third-order valence-corrected chi connectivity index (χ3v) is 3.31. The third kappa shape index (κ3) is 2.23. The van der Waals surface area contributed by atoms with Crippen molar-refractivity contribution in [2.75, 3.05) is 6.54 Å². The Balaban J connectivity index is 2.74. The van der Waals surface area contributed by atoms with Crippen LogP contribution in [0, 0.1) is 0 Å². The summed E-state index contributed by atoms with van der Waals surface area (Å²) in [4.78, 5) is 12.9. The van der Waals surface area contributed by atoms with Gasteiger partial charge in [-0.25, -0.2) is 0 Å². The van der Waals surface area contributed by atoms with Crippen molar-refractivity contribution >= 4 is 17.2 Å². The molecule has 1 heterocycles. The lowest BCUT2D eigenvalue weighted by molar-refractivity contribution is -0.125. The van der Waals surface area contributed by atoms with Gasteiger partial charge in [0.2, 0.25) is 5.91 Å². The van der Waals surface area contributed by atoms with Crippen LogP contribution < -0.4 is 5.32 Å². The van der Waals surface area contributed by atoms with Crippen molar-refractivity contribution in [2.45, 2.75) is 19.3 Å². The molecule has 0 spiro atoms. The van der Waals surface area contributed by atoms with E-state index in [2.05, 4.69) is 11.9 Å². The summed E-state index contributed by atoms with van der Waals surface area (Å²) < 4.78 is 0. The lowest BCUT2D eigenvalue weighted by atomic mass is 9.90. The molecule has 0 saturated heterocycles. The number of hydrogen-bond donors (Lipinski definition) is 1. The molecule has 0 aromatic carbocycles. The Labute approximate surface area is 88.6 Å². The van der Waals surface area contributed by atoms with Crippen molar-refractivity contribution in [1.82, 2.24) is 5.32 Å². The molecule has 3 heteroatoms. The van der Waals surface area contributed by atoms with Crippen LogP contribution in [-0.4, -0.2) is 12.5 Å². The first-order chi connectivity index (χ1) is 6.59. The smallest absolute Gasteiger partial charge is 0.231 e. The second-order valence-electron chi connectivity index (χ2n) is 3.60. The number of thiophene rings is 1. The van der Waals surface area contributed by atoms with Crippen molar-refractivity contribution in [3.8, 4) is 0 Å². The average Bonchev–Trinajstić information content (AvgIpc) is 2.67. The Morgan fingerprint density at radius 3 is 2.93 bits per heavy atom. The normalized spacial score (nSPS) is 11.0. The molecule has 1 amide bonds. The molecular formula is C11H15NOS. The summed E-state index contributed by atoms with van der Waals surface area (Å²) in [7, 11) is 0. The average molecular weight is 209 g/mol. The molecule has 1 aromatic rings. The number of carbonyl (C=O) groups is 1. The van der Waals surface area contributed by atoms with Crippen molar-refractivity contribution in [3.05, 3.63) is 35.0 Å². The van der Waals surface area contributed by atoms with Crippen molar-refractivity contribution < 1.29 is 4.79 Å². The van der Waals surface area contributed by atoms with Crippen molar-refractivity contribution in [1.29, 1.82) is 0 Å². The fourth-order valence-electron chi connectivity index (χ4n) is 1.13. The predicted molar refractivity (Wildman–Crippen MR) is 60.6 cm³/mol. The number of amides is 1. The molecule has 1 aromatic heterocycles. The van der Waals surface area contributed by atoms with E-state index in [1.54, 1.807) is 17.4 Å². The van der Waals surface area contributed by atoms with E-state index in [0.717, 1.165) is 4.88 Å². The second-order valence-corrected chi connectivity index (χ2v) is 4.55. The lowest BCUT2D eigenvalue weighted by Crippen LogP contribution is -2.39. The van der Waals surface area contributed by atoms with Crippen molar-refractivity contribution in [3.63, 3.8) is 0 Å². The topological polar surface area (TPSA) is 29.1 Å². The molecule has 0 aliphatic carbocycles. The molecule has 14 heavy (non-hydrogen) atoms. The Hall–Kier alpha value is -1.09. The molecular weight excluding hydrogens is 194 g/mol. The Kier molecular flexibility index (Phi) is 3.47. The van der Waals surface area contributed by atoms with E-state index < -0.39 is 5.41 Å². The fraction of sp³-hybridized carbons (Fsp3) is 0.364. The van der Waals surface area contributed by atoms with Gasteiger partial charge < -0.3 is 5.32 Å². The van der Waals surface area contributed by atoms with Gasteiger partial charge in [0.1, 0.15) is 0 Å². The van der Waals surface area contributed by atoms with Crippen LogP contribution in [0.2, 0.25) is 0 Å². The molecule has 0 saturated carbocycles. The highest BCUT2D eigenvalue weighted by molar-refractivity contribution is 7.10. The fourth-order valence-corrected chi connectivity index (χ4v) is 1.98. The van der Waals surface area contributed by atoms with Crippen LogP contribution in [0.5, 0.6) is 0 Å². The van der Waals surface area contributed by atoms with Crippen LogP contribution >= 0.6 is 11.3 Å². The maximum Gasteiger partial charge on any atom is 0.231 e. The molecule has 0 aliphatic heterocycles. The zero-order chi connectivity index (χ0) is 10.6. The van der Waals surface area contributed by atoms with Crippen LogP contribution in [0.4, 0.5) is 0 Å². The highest BCUT2D eigenvalue weighted by Crippen LogP contribution is 2.27. The van der Waals surface area contributed by atoms with Gasteiger partial charge in [0, 0.05) is 11.4 Å². The molecule has 0 aliphatic rings. The summed E-state index contributed by atoms with van der Waals surface area (Å²) >= 11 is 1.60. The van der Waals surface area contributed by atoms with Gasteiger partial charge in [0.15, 0.2) is 0 Å². The minimum atomic E-state index is -0.447. The van der Waals surface area contributed by atoms with E-state index in [0.29, 0.717) is 6.54 Å². The van der Waals surface area contributed by atoms with Crippen LogP contribution in [-0.2, 0) is 10.2 Å². The standard InChI is InChI=1S/C11H15NOS/c1-4-7-12-10(13)11(2,3)9-6-5-8-14-9/h4-6,8H,1,7H2,2-3H3,(H,12,13). The van der Waals surface area contributed by atoms with E-state index in [1.165, 1.54) is 0 Å². The lowest BCUT2D eigenvalue weighted by Gasteiger charge is -2.21. The largest absolute Gasteiger partial charge is 0.352 e. The molecule has 0 unspecified atom stereocenters. The summed E-state index contributed by atoms with van der Waals surface area (Å²) in [5, 5.41) is 4.79. The molecule has 0 atom stereocenters. The molecule has 0 bridgehead atoms. The molecule has 1 N–H and O–H groups in total. The summed E-state index contributed by atoms with van der Waals surface area (Å²) in [6.45, 7) is 7.94. The van der Waals surface area contributed by atoms with Gasteiger partial charge in [0.05, 0.1) is 5.41 Å². The summed E-state index contributed by atoms with van der Waals surface area (Å²) in [6, 6.07) is 3.95. The van der Waals surface area contributed by atoms with Gasteiger partial charge >= 0.3 is 0 Å². The Morgan fingerprint density at radius 1 is 1.71 bits per heavy atom. The first kappa shape index (κ1) is 11.0. The minimum Gasteiger partial charge on any atom is -0.352 e. The van der Waals surface area contributed by atoms with Gasteiger partial charge in [-0.3, -0.25) is 4.79 Å². The molecule has 76 valence electrons. The van der Waals surface area contributed by atoms with Crippen LogP contribution in [0.15, 0.2) is 30.2 Å². The Bertz CT molecular complexity index is 314. The first-order valence-corrected chi connectivity index (χ1v) is 5.40. The van der Waals surface area contributed by atoms with Gasteiger partial charge in [-0.05, 0) is 25.3 Å². The van der Waals surface area contributed by atoms with Gasteiger partial charge in [-0.2, -0.15) is 0 Å². The number of carbonyl (C=O) groups excluding carboxylic acids is 1. The molecule has 1 rings (SSSR count). The maximum atomic E-state index is 11.8. The zero-order valence-corrected chi connectivity index (χ0v) is 9.36. The highest BCUT2D eigenvalue weighted by Gasteiger charge is 2.29. The first-order valence-electron chi connectivity index (χ1n) is 4.52. The summed E-state index contributed by atoms with van der Waals surface area (Å²) in [5.41, 5.74) is -0.447. The number of rotatable bonds is 4. The minimum absolute atomic E-state index is 0.0415. The van der Waals surface area contributed by atoms with E-state index in [9.17, 15) is 4.79 Å². The van der Waals surface area contributed by atoms with Gasteiger partial charge in [0.25, 0.3) is 0 Å². The summed E-state index contributed by atoms with van der Waals surface area (Å²) in [6.07, 6.45) is 1.68. The quantitative estimate of drug-likeness (QED) is 0.758. The van der Waals surface area contributed by atoms with Crippen LogP contribution in [0.3, 0.4) is 0 Å². The second kappa shape index (κ2) is 4.42. The SMILES string of the molecule is C=CCNC(=O)C(C)(C)c1cccs1.